The Hall–Kier alpha value is -3.16. The van der Waals surface area contributed by atoms with Gasteiger partial charge in [0, 0.05) is 5.56 Å². The van der Waals surface area contributed by atoms with Crippen LogP contribution in [0.2, 0.25) is 0 Å². The van der Waals surface area contributed by atoms with Crippen molar-refractivity contribution in [3.8, 4) is 17.2 Å². The molecule has 0 aliphatic heterocycles. The molecule has 1 saturated carbocycles. The van der Waals surface area contributed by atoms with E-state index < -0.39 is 5.97 Å². The summed E-state index contributed by atoms with van der Waals surface area (Å²) in [4.78, 5) is 16.4. The lowest BCUT2D eigenvalue weighted by Crippen LogP contribution is -2.29. The zero-order chi connectivity index (χ0) is 26.2. The highest BCUT2D eigenvalue weighted by Gasteiger charge is 2.24. The summed E-state index contributed by atoms with van der Waals surface area (Å²) >= 11 is 0. The second kappa shape index (κ2) is 12.9. The van der Waals surface area contributed by atoms with Crippen molar-refractivity contribution >= 4 is 5.97 Å². The topological polar surface area (TPSA) is 91.0 Å². The van der Waals surface area contributed by atoms with Crippen molar-refractivity contribution in [2.75, 3.05) is 13.2 Å². The van der Waals surface area contributed by atoms with Crippen LogP contribution in [0.3, 0.4) is 0 Å². The van der Waals surface area contributed by atoms with E-state index in [4.69, 9.17) is 18.6 Å². The van der Waals surface area contributed by atoms with Crippen molar-refractivity contribution in [3.63, 3.8) is 0 Å². The fourth-order valence-electron chi connectivity index (χ4n) is 4.85. The van der Waals surface area contributed by atoms with Crippen molar-refractivity contribution < 1.29 is 28.5 Å². The Morgan fingerprint density at radius 3 is 2.62 bits per heavy atom. The minimum atomic E-state index is -0.958. The third kappa shape index (κ3) is 7.21. The van der Waals surface area contributed by atoms with Gasteiger partial charge in [0.1, 0.15) is 29.4 Å². The van der Waals surface area contributed by atoms with Crippen LogP contribution in [-0.2, 0) is 22.5 Å². The Labute approximate surface area is 218 Å². The van der Waals surface area contributed by atoms with Crippen molar-refractivity contribution in [2.45, 2.75) is 78.1 Å². The number of carbonyl (C=O) groups is 1. The molecule has 1 aliphatic rings. The van der Waals surface area contributed by atoms with E-state index in [-0.39, 0.29) is 17.8 Å². The van der Waals surface area contributed by atoms with E-state index >= 15 is 0 Å². The summed E-state index contributed by atoms with van der Waals surface area (Å²) in [7, 11) is 0. The number of carboxylic acids is 1. The highest BCUT2D eigenvalue weighted by molar-refractivity contribution is 5.92. The van der Waals surface area contributed by atoms with Crippen molar-refractivity contribution in [1.82, 2.24) is 4.98 Å². The van der Waals surface area contributed by atoms with Gasteiger partial charge in [-0.05, 0) is 69.7 Å². The van der Waals surface area contributed by atoms with Gasteiger partial charge in [0.25, 0.3) is 0 Å². The smallest absolute Gasteiger partial charge is 0.339 e. The molecule has 0 bridgehead atoms. The molecule has 0 saturated heterocycles. The molecule has 0 spiro atoms. The van der Waals surface area contributed by atoms with E-state index in [1.54, 1.807) is 6.07 Å². The minimum Gasteiger partial charge on any atom is -0.490 e. The number of hydrogen-bond acceptors (Lipinski definition) is 6. The van der Waals surface area contributed by atoms with Crippen LogP contribution in [0.15, 0.2) is 46.9 Å². The van der Waals surface area contributed by atoms with Crippen LogP contribution >= 0.6 is 0 Å². The molecule has 4 rings (SSSR count). The van der Waals surface area contributed by atoms with Crippen LogP contribution in [0, 0.1) is 13.8 Å². The number of hydrogen-bond donors (Lipinski definition) is 1. The van der Waals surface area contributed by atoms with Crippen molar-refractivity contribution in [2.24, 2.45) is 0 Å². The molecule has 198 valence electrons. The van der Waals surface area contributed by atoms with Gasteiger partial charge in [-0.1, -0.05) is 43.2 Å². The average Bonchev–Trinajstić information content (AvgIpc) is 3.26. The lowest BCUT2D eigenvalue weighted by molar-refractivity contribution is -0.0556. The molecule has 2 unspecified atom stereocenters. The fourth-order valence-corrected chi connectivity index (χ4v) is 4.85. The molecule has 2 aromatic carbocycles. The summed E-state index contributed by atoms with van der Waals surface area (Å²) in [5, 5.41) is 9.65. The first-order valence-electron chi connectivity index (χ1n) is 13.2. The highest BCUT2D eigenvalue weighted by atomic mass is 16.5. The van der Waals surface area contributed by atoms with Crippen LogP contribution in [0.4, 0.5) is 0 Å². The van der Waals surface area contributed by atoms with Crippen LogP contribution < -0.4 is 4.74 Å². The molecule has 37 heavy (non-hydrogen) atoms. The van der Waals surface area contributed by atoms with E-state index in [1.807, 2.05) is 38.1 Å². The van der Waals surface area contributed by atoms with Gasteiger partial charge < -0.3 is 23.7 Å². The summed E-state index contributed by atoms with van der Waals surface area (Å²) in [5.74, 6) is 0.845. The summed E-state index contributed by atoms with van der Waals surface area (Å²) in [5.41, 5.74) is 4.01. The van der Waals surface area contributed by atoms with Crippen molar-refractivity contribution in [3.05, 3.63) is 70.6 Å². The standard InChI is InChI=1S/C30H37NO6/c1-4-8-22-10-6-14-27(28(22)30(32)33)35-16-15-34-24-12-7-13-25(18-24)36-19-26-21(3)37-29(31-26)23-11-5-9-20(2)17-23/h5-6,9-11,14,17,24-25H,4,7-8,12-13,15-16,18-19H2,1-3H3,(H,32,33). The Morgan fingerprint density at radius 1 is 1.08 bits per heavy atom. The summed E-state index contributed by atoms with van der Waals surface area (Å²) < 4.78 is 24.0. The molecule has 0 amide bonds. The Kier molecular flexibility index (Phi) is 9.36. The van der Waals surface area contributed by atoms with Gasteiger partial charge in [-0.3, -0.25) is 0 Å². The van der Waals surface area contributed by atoms with Gasteiger partial charge in [-0.2, -0.15) is 0 Å². The monoisotopic (exact) mass is 507 g/mol. The van der Waals surface area contributed by atoms with Crippen LogP contribution in [-0.4, -0.2) is 41.5 Å². The van der Waals surface area contributed by atoms with Crippen LogP contribution in [0.1, 0.15) is 72.0 Å². The third-order valence-electron chi connectivity index (χ3n) is 6.73. The van der Waals surface area contributed by atoms with E-state index in [1.165, 1.54) is 0 Å². The first kappa shape index (κ1) is 26.9. The van der Waals surface area contributed by atoms with Gasteiger partial charge in [-0.25, -0.2) is 9.78 Å². The summed E-state index contributed by atoms with van der Waals surface area (Å²) in [6.07, 6.45) is 5.59. The number of carboxylic acid groups (broad SMARTS) is 1. The number of oxazole rings is 1. The third-order valence-corrected chi connectivity index (χ3v) is 6.73. The number of aromatic nitrogens is 1. The molecule has 7 heteroatoms. The second-order valence-corrected chi connectivity index (χ2v) is 9.68. The normalized spacial score (nSPS) is 17.6. The molecule has 2 atom stereocenters. The van der Waals surface area contributed by atoms with E-state index in [0.717, 1.165) is 60.2 Å². The first-order valence-corrected chi connectivity index (χ1v) is 13.2. The molecular formula is C30H37NO6. The van der Waals surface area contributed by atoms with Gasteiger partial charge in [-0.15, -0.1) is 0 Å². The fraction of sp³-hybridized carbons (Fsp3) is 0.467. The molecule has 1 heterocycles. The lowest BCUT2D eigenvalue weighted by atomic mass is 9.95. The molecule has 1 N–H and O–H groups in total. The second-order valence-electron chi connectivity index (χ2n) is 9.68. The van der Waals surface area contributed by atoms with Gasteiger partial charge in [0.15, 0.2) is 0 Å². The van der Waals surface area contributed by atoms with E-state index in [2.05, 4.69) is 24.0 Å². The number of ether oxygens (including phenoxy) is 3. The maximum atomic E-state index is 11.8. The molecule has 7 nitrogen and oxygen atoms in total. The average molecular weight is 508 g/mol. The largest absolute Gasteiger partial charge is 0.490 e. The molecule has 1 aromatic heterocycles. The van der Waals surface area contributed by atoms with Gasteiger partial charge in [0.05, 0.1) is 25.4 Å². The maximum absolute atomic E-state index is 11.8. The van der Waals surface area contributed by atoms with E-state index in [0.29, 0.717) is 37.9 Å². The molecule has 3 aromatic rings. The zero-order valence-electron chi connectivity index (χ0n) is 22.0. The predicted octanol–water partition coefficient (Wildman–Crippen LogP) is 6.53. The maximum Gasteiger partial charge on any atom is 0.339 e. The summed E-state index contributed by atoms with van der Waals surface area (Å²) in [6.45, 7) is 7.12. The van der Waals surface area contributed by atoms with Crippen molar-refractivity contribution in [1.29, 1.82) is 0 Å². The minimum absolute atomic E-state index is 0.0916. The Morgan fingerprint density at radius 2 is 1.86 bits per heavy atom. The zero-order valence-corrected chi connectivity index (χ0v) is 22.0. The van der Waals surface area contributed by atoms with E-state index in [9.17, 15) is 9.90 Å². The lowest BCUT2D eigenvalue weighted by Gasteiger charge is -2.29. The number of nitrogens with zero attached hydrogens (tertiary/aromatic N) is 1. The summed E-state index contributed by atoms with van der Waals surface area (Å²) in [6, 6.07) is 13.5. The number of benzene rings is 2. The molecule has 1 aliphatic carbocycles. The molecule has 1 fully saturated rings. The van der Waals surface area contributed by atoms with Crippen LogP contribution in [0.5, 0.6) is 5.75 Å². The SMILES string of the molecule is CCCc1cccc(OCCOC2CCCC(OCc3nc(-c4cccc(C)c4)oc3C)C2)c1C(=O)O. The molecular weight excluding hydrogens is 470 g/mol. The van der Waals surface area contributed by atoms with Gasteiger partial charge >= 0.3 is 5.97 Å². The number of rotatable bonds is 12. The predicted molar refractivity (Wildman–Crippen MR) is 141 cm³/mol. The number of aryl methyl sites for hydroxylation is 3. The Bertz CT molecular complexity index is 1190. The van der Waals surface area contributed by atoms with Crippen LogP contribution in [0.25, 0.3) is 11.5 Å². The number of aromatic carboxylic acids is 1. The molecule has 0 radical (unpaired) electrons. The first-order chi connectivity index (χ1) is 17.9. The quantitative estimate of drug-likeness (QED) is 0.279. The Balaban J connectivity index is 1.24. The highest BCUT2D eigenvalue weighted by Crippen LogP contribution is 2.27. The van der Waals surface area contributed by atoms with Gasteiger partial charge in [0.2, 0.25) is 5.89 Å².